The molecule has 3 aliphatic heterocycles. The van der Waals surface area contributed by atoms with E-state index < -0.39 is 35.6 Å². The molecule has 3 aromatic rings. The number of alkyl halides is 1. The maximum absolute atomic E-state index is 14.5. The molecule has 3 amide bonds. The molecule has 3 fully saturated rings. The van der Waals surface area contributed by atoms with Crippen molar-refractivity contribution < 1.29 is 24.2 Å². The topological polar surface area (TPSA) is 108 Å². The molecule has 3 heterocycles. The van der Waals surface area contributed by atoms with Crippen LogP contribution in [-0.4, -0.2) is 63.0 Å². The van der Waals surface area contributed by atoms with E-state index in [0.29, 0.717) is 25.1 Å². The van der Waals surface area contributed by atoms with Crippen LogP contribution in [-0.2, 0) is 32.1 Å². The van der Waals surface area contributed by atoms with Crippen molar-refractivity contribution in [1.82, 2.24) is 10.2 Å². The van der Waals surface area contributed by atoms with Crippen LogP contribution in [0.3, 0.4) is 0 Å². The number of nitrogens with one attached hydrogen (secondary N) is 2. The van der Waals surface area contributed by atoms with E-state index in [1.54, 1.807) is 0 Å². The third-order valence-electron chi connectivity index (χ3n) is 9.16. The molecule has 7 atom stereocenters. The number of amides is 3. The average Bonchev–Trinajstić information content (AvgIpc) is 3.60. The SMILES string of the molecule is Cc1ccc(C)c(NC(=O)C2N([C@@H](CO)Cc3ccccc3)C(=O)[C@@H]3[C@@H](C(=O)NCc4ccccc4)[C@@H]4OC23CC4Br)c1. The zero-order valence-electron chi connectivity index (χ0n) is 24.2. The lowest BCUT2D eigenvalue weighted by molar-refractivity contribution is -0.144. The minimum atomic E-state index is -1.23. The fraction of sp³-hybridized carbons (Fsp3) is 0.382. The first-order valence-electron chi connectivity index (χ1n) is 14.7. The summed E-state index contributed by atoms with van der Waals surface area (Å²) >= 11 is 3.73. The molecule has 0 aliphatic carbocycles. The van der Waals surface area contributed by atoms with E-state index in [0.717, 1.165) is 22.3 Å². The van der Waals surface area contributed by atoms with Gasteiger partial charge < -0.3 is 25.4 Å². The zero-order valence-corrected chi connectivity index (χ0v) is 25.8. The molecule has 0 radical (unpaired) electrons. The fourth-order valence-electron chi connectivity index (χ4n) is 7.17. The van der Waals surface area contributed by atoms with Crippen molar-refractivity contribution in [3.63, 3.8) is 0 Å². The normalized spacial score (nSPS) is 28.0. The Hall–Kier alpha value is -3.53. The molecule has 0 saturated carbocycles. The quantitative estimate of drug-likeness (QED) is 0.306. The second-order valence-electron chi connectivity index (χ2n) is 11.9. The smallest absolute Gasteiger partial charge is 0.250 e. The average molecular weight is 647 g/mol. The monoisotopic (exact) mass is 645 g/mol. The molecule has 224 valence electrons. The van der Waals surface area contributed by atoms with Crippen LogP contribution in [0.4, 0.5) is 5.69 Å². The second kappa shape index (κ2) is 11.9. The van der Waals surface area contributed by atoms with Gasteiger partial charge in [-0.2, -0.15) is 0 Å². The molecule has 2 bridgehead atoms. The molecule has 3 aliphatic rings. The summed E-state index contributed by atoms with van der Waals surface area (Å²) in [5, 5.41) is 16.7. The Morgan fingerprint density at radius 3 is 2.37 bits per heavy atom. The highest BCUT2D eigenvalue weighted by molar-refractivity contribution is 9.09. The molecule has 3 saturated heterocycles. The number of ether oxygens (including phenoxy) is 1. The Balaban J connectivity index is 1.37. The van der Waals surface area contributed by atoms with Crippen LogP contribution in [0.25, 0.3) is 0 Å². The van der Waals surface area contributed by atoms with E-state index in [4.69, 9.17) is 4.74 Å². The summed E-state index contributed by atoms with van der Waals surface area (Å²) in [5.74, 6) is -2.65. The summed E-state index contributed by atoms with van der Waals surface area (Å²) in [4.78, 5) is 43.9. The maximum Gasteiger partial charge on any atom is 0.250 e. The second-order valence-corrected chi connectivity index (χ2v) is 13.1. The van der Waals surface area contributed by atoms with Gasteiger partial charge in [0.25, 0.3) is 0 Å². The standard InChI is InChI=1S/C34H36BrN3O5/c1-20-13-14-21(2)26(15-20)37-32(41)30-34-17-25(35)29(43-34)27(31(40)36-18-23-11-7-4-8-12-23)28(34)33(42)38(30)24(19-39)16-22-9-5-3-6-10-22/h3-15,24-25,27-30,39H,16-19H2,1-2H3,(H,36,40)(H,37,41)/t24-,25?,27-,28+,29-,30?,34?/m1/s1. The number of carbonyl (C=O) groups excluding carboxylic acids is 3. The van der Waals surface area contributed by atoms with Gasteiger partial charge in [0, 0.05) is 17.1 Å². The van der Waals surface area contributed by atoms with Gasteiger partial charge in [0.05, 0.1) is 30.6 Å². The molecule has 3 aromatic carbocycles. The Labute approximate surface area is 259 Å². The molecule has 6 rings (SSSR count). The number of aryl methyl sites for hydroxylation is 2. The van der Waals surface area contributed by atoms with Crippen LogP contribution in [0, 0.1) is 25.7 Å². The first-order valence-corrected chi connectivity index (χ1v) is 15.6. The number of carbonyl (C=O) groups is 3. The fourth-order valence-corrected chi connectivity index (χ4v) is 8.11. The van der Waals surface area contributed by atoms with Crippen molar-refractivity contribution >= 4 is 39.3 Å². The number of benzene rings is 3. The van der Waals surface area contributed by atoms with E-state index >= 15 is 0 Å². The van der Waals surface area contributed by atoms with Gasteiger partial charge in [-0.25, -0.2) is 0 Å². The van der Waals surface area contributed by atoms with Gasteiger partial charge in [-0.05, 0) is 55.0 Å². The molecule has 3 N–H and O–H groups in total. The predicted octanol–water partition coefficient (Wildman–Crippen LogP) is 3.91. The van der Waals surface area contributed by atoms with E-state index in [1.165, 1.54) is 4.90 Å². The number of likely N-dealkylation sites (tertiary alicyclic amines) is 1. The Kier molecular flexibility index (Phi) is 8.15. The Bertz CT molecular complexity index is 1520. The van der Waals surface area contributed by atoms with Gasteiger partial charge in [0.15, 0.2) is 0 Å². The number of fused-ring (bicyclic) bond motifs is 1. The summed E-state index contributed by atoms with van der Waals surface area (Å²) < 4.78 is 6.64. The molecule has 3 unspecified atom stereocenters. The number of rotatable bonds is 9. The van der Waals surface area contributed by atoms with E-state index in [1.807, 2.05) is 92.7 Å². The number of nitrogens with zero attached hydrogens (tertiary/aromatic N) is 1. The first kappa shape index (κ1) is 29.5. The van der Waals surface area contributed by atoms with E-state index in [2.05, 4.69) is 26.6 Å². The lowest BCUT2D eigenvalue weighted by atomic mass is 9.70. The highest BCUT2D eigenvalue weighted by Gasteiger charge is 2.77. The van der Waals surface area contributed by atoms with E-state index in [-0.39, 0.29) is 29.2 Å². The number of aliphatic hydroxyl groups is 1. The molecular formula is C34H36BrN3O5. The molecule has 1 spiro atoms. The molecule has 9 heteroatoms. The number of hydrogen-bond donors (Lipinski definition) is 3. The highest BCUT2D eigenvalue weighted by atomic mass is 79.9. The van der Waals surface area contributed by atoms with Crippen LogP contribution in [0.2, 0.25) is 0 Å². The van der Waals surface area contributed by atoms with Crippen LogP contribution >= 0.6 is 15.9 Å². The van der Waals surface area contributed by atoms with Crippen LogP contribution < -0.4 is 10.6 Å². The van der Waals surface area contributed by atoms with Crippen molar-refractivity contribution in [2.75, 3.05) is 11.9 Å². The Morgan fingerprint density at radius 1 is 1.02 bits per heavy atom. The lowest BCUT2D eigenvalue weighted by Gasteiger charge is -2.37. The van der Waals surface area contributed by atoms with Gasteiger partial charge in [0.2, 0.25) is 17.7 Å². The van der Waals surface area contributed by atoms with Gasteiger partial charge in [0.1, 0.15) is 11.6 Å². The third kappa shape index (κ3) is 5.28. The minimum Gasteiger partial charge on any atom is -0.394 e. The summed E-state index contributed by atoms with van der Waals surface area (Å²) in [7, 11) is 0. The van der Waals surface area contributed by atoms with Gasteiger partial charge >= 0.3 is 0 Å². The predicted molar refractivity (Wildman–Crippen MR) is 166 cm³/mol. The van der Waals surface area contributed by atoms with E-state index in [9.17, 15) is 19.5 Å². The van der Waals surface area contributed by atoms with Crippen molar-refractivity contribution in [1.29, 1.82) is 0 Å². The number of halogens is 1. The molecular weight excluding hydrogens is 610 g/mol. The lowest BCUT2D eigenvalue weighted by Crippen LogP contribution is -2.57. The summed E-state index contributed by atoms with van der Waals surface area (Å²) in [6.45, 7) is 3.84. The van der Waals surface area contributed by atoms with Crippen LogP contribution in [0.1, 0.15) is 28.7 Å². The van der Waals surface area contributed by atoms with Crippen molar-refractivity contribution in [2.24, 2.45) is 11.8 Å². The van der Waals surface area contributed by atoms with Crippen LogP contribution in [0.15, 0.2) is 78.9 Å². The Morgan fingerprint density at radius 2 is 1.70 bits per heavy atom. The largest absolute Gasteiger partial charge is 0.394 e. The summed E-state index contributed by atoms with van der Waals surface area (Å²) in [5.41, 5.74) is 3.18. The minimum absolute atomic E-state index is 0.221. The van der Waals surface area contributed by atoms with Crippen molar-refractivity contribution in [3.05, 3.63) is 101 Å². The highest BCUT2D eigenvalue weighted by Crippen LogP contribution is 2.60. The van der Waals surface area contributed by atoms with Gasteiger partial charge in [-0.3, -0.25) is 14.4 Å². The van der Waals surface area contributed by atoms with Gasteiger partial charge in [-0.15, -0.1) is 0 Å². The maximum atomic E-state index is 14.5. The number of aliphatic hydroxyl groups excluding tert-OH is 1. The number of anilines is 1. The van der Waals surface area contributed by atoms with Crippen molar-refractivity contribution in [3.8, 4) is 0 Å². The molecule has 0 aromatic heterocycles. The number of hydrogen-bond acceptors (Lipinski definition) is 5. The summed E-state index contributed by atoms with van der Waals surface area (Å²) in [6, 6.07) is 23.3. The molecule has 43 heavy (non-hydrogen) atoms. The van der Waals surface area contributed by atoms with Gasteiger partial charge in [-0.1, -0.05) is 88.7 Å². The molecule has 8 nitrogen and oxygen atoms in total. The zero-order chi connectivity index (χ0) is 30.3. The van der Waals surface area contributed by atoms with Crippen LogP contribution in [0.5, 0.6) is 0 Å². The first-order chi connectivity index (χ1) is 20.7. The third-order valence-corrected chi connectivity index (χ3v) is 10.0. The van der Waals surface area contributed by atoms with Crippen molar-refractivity contribution in [2.45, 2.75) is 61.8 Å². The summed E-state index contributed by atoms with van der Waals surface area (Å²) in [6.07, 6.45) is 0.177.